The summed E-state index contributed by atoms with van der Waals surface area (Å²) in [4.78, 5) is 12.7. The zero-order valence-electron chi connectivity index (χ0n) is 13.9. The summed E-state index contributed by atoms with van der Waals surface area (Å²) in [6, 6.07) is 7.06. The van der Waals surface area contributed by atoms with Gasteiger partial charge in [0.05, 0.1) is 6.04 Å². The number of nitrogens with one attached hydrogen (secondary N) is 2. The molecule has 1 aromatic rings. The maximum atomic E-state index is 13.2. The Morgan fingerprint density at radius 3 is 2.57 bits per heavy atom. The average molecular weight is 318 g/mol. The number of piperidine rings is 1. The van der Waals surface area contributed by atoms with Crippen LogP contribution in [0.3, 0.4) is 0 Å². The van der Waals surface area contributed by atoms with Gasteiger partial charge in [-0.3, -0.25) is 4.79 Å². The van der Waals surface area contributed by atoms with Crippen molar-refractivity contribution >= 4 is 5.91 Å². The Balaban J connectivity index is 1.72. The van der Waals surface area contributed by atoms with E-state index in [1.807, 2.05) is 12.1 Å². The largest absolute Gasteiger partial charge is 0.349 e. The molecule has 2 fully saturated rings. The molecule has 2 N–H and O–H groups in total. The van der Waals surface area contributed by atoms with E-state index >= 15 is 0 Å². The Hall–Kier alpha value is -1.42. The Morgan fingerprint density at radius 1 is 1.22 bits per heavy atom. The van der Waals surface area contributed by atoms with Crippen LogP contribution in [0.15, 0.2) is 24.3 Å². The molecule has 1 aromatic carbocycles. The Kier molecular flexibility index (Phi) is 5.31. The summed E-state index contributed by atoms with van der Waals surface area (Å²) in [5.41, 5.74) is 1.04. The minimum atomic E-state index is -0.225. The van der Waals surface area contributed by atoms with E-state index in [1.54, 1.807) is 0 Å². The summed E-state index contributed by atoms with van der Waals surface area (Å²) in [7, 11) is 0. The van der Waals surface area contributed by atoms with Crippen molar-refractivity contribution in [2.45, 2.75) is 57.5 Å². The van der Waals surface area contributed by atoms with Gasteiger partial charge >= 0.3 is 0 Å². The van der Waals surface area contributed by atoms with Crippen LogP contribution in [0, 0.1) is 17.7 Å². The van der Waals surface area contributed by atoms with Crippen LogP contribution in [-0.2, 0) is 4.79 Å². The van der Waals surface area contributed by atoms with Crippen molar-refractivity contribution in [3.05, 3.63) is 35.6 Å². The first-order chi connectivity index (χ1) is 11.1. The van der Waals surface area contributed by atoms with Crippen LogP contribution in [0.2, 0.25) is 0 Å². The second kappa shape index (κ2) is 7.43. The van der Waals surface area contributed by atoms with Crippen molar-refractivity contribution in [1.82, 2.24) is 10.6 Å². The molecule has 4 heteroatoms. The minimum Gasteiger partial charge on any atom is -0.349 e. The first-order valence-corrected chi connectivity index (χ1v) is 8.92. The molecule has 0 bridgehead atoms. The maximum absolute atomic E-state index is 13.2. The van der Waals surface area contributed by atoms with Crippen molar-refractivity contribution in [1.29, 1.82) is 0 Å². The topological polar surface area (TPSA) is 41.1 Å². The zero-order chi connectivity index (χ0) is 16.2. The molecule has 1 unspecified atom stereocenters. The second-order valence-electron chi connectivity index (χ2n) is 7.16. The predicted molar refractivity (Wildman–Crippen MR) is 89.4 cm³/mol. The number of halogens is 1. The fourth-order valence-corrected chi connectivity index (χ4v) is 4.08. The molecule has 0 spiro atoms. The van der Waals surface area contributed by atoms with Crippen LogP contribution in [0.4, 0.5) is 4.39 Å². The van der Waals surface area contributed by atoms with E-state index in [-0.39, 0.29) is 23.7 Å². The third-order valence-corrected chi connectivity index (χ3v) is 5.39. The van der Waals surface area contributed by atoms with Gasteiger partial charge in [-0.25, -0.2) is 4.39 Å². The zero-order valence-corrected chi connectivity index (χ0v) is 13.9. The molecule has 126 valence electrons. The van der Waals surface area contributed by atoms with Crippen LogP contribution in [0.5, 0.6) is 0 Å². The molecule has 1 saturated heterocycles. The lowest BCUT2D eigenvalue weighted by Gasteiger charge is -2.31. The molecule has 1 aliphatic carbocycles. The van der Waals surface area contributed by atoms with Crippen LogP contribution < -0.4 is 10.6 Å². The molecular formula is C19H27FN2O. The molecule has 3 nitrogen and oxygen atoms in total. The molecule has 1 saturated carbocycles. The van der Waals surface area contributed by atoms with E-state index in [0.29, 0.717) is 12.0 Å². The van der Waals surface area contributed by atoms with E-state index in [0.717, 1.165) is 37.8 Å². The van der Waals surface area contributed by atoms with E-state index in [4.69, 9.17) is 0 Å². The number of carbonyl (C=O) groups is 1. The lowest BCUT2D eigenvalue weighted by molar-refractivity contribution is -0.127. The molecular weight excluding hydrogens is 291 g/mol. The normalized spacial score (nSPS) is 26.9. The van der Waals surface area contributed by atoms with Gasteiger partial charge in [0.2, 0.25) is 5.91 Å². The van der Waals surface area contributed by atoms with Crippen molar-refractivity contribution < 1.29 is 9.18 Å². The van der Waals surface area contributed by atoms with Gasteiger partial charge in [-0.2, -0.15) is 0 Å². The fraction of sp³-hybridized carbons (Fsp3) is 0.632. The molecule has 1 amide bonds. The van der Waals surface area contributed by atoms with Crippen molar-refractivity contribution in [2.75, 3.05) is 6.54 Å². The molecule has 0 aromatic heterocycles. The van der Waals surface area contributed by atoms with Crippen molar-refractivity contribution in [3.63, 3.8) is 0 Å². The van der Waals surface area contributed by atoms with Crippen LogP contribution in [-0.4, -0.2) is 18.5 Å². The highest BCUT2D eigenvalue weighted by molar-refractivity contribution is 5.79. The second-order valence-corrected chi connectivity index (χ2v) is 7.16. The lowest BCUT2D eigenvalue weighted by Crippen LogP contribution is -2.44. The van der Waals surface area contributed by atoms with Gasteiger partial charge in [-0.05, 0) is 62.8 Å². The van der Waals surface area contributed by atoms with E-state index in [2.05, 4.69) is 17.6 Å². The SMILES string of the molecule is C[C@H]1C[C@@H](C(=O)NC(c2ccc(F)cc2)C2CCCC2)CCN1. The van der Waals surface area contributed by atoms with Gasteiger partial charge in [-0.1, -0.05) is 25.0 Å². The van der Waals surface area contributed by atoms with Gasteiger partial charge in [0.15, 0.2) is 0 Å². The van der Waals surface area contributed by atoms with Crippen LogP contribution >= 0.6 is 0 Å². The number of hydrogen-bond acceptors (Lipinski definition) is 2. The van der Waals surface area contributed by atoms with Crippen LogP contribution in [0.1, 0.15) is 57.1 Å². The lowest BCUT2D eigenvalue weighted by atomic mass is 9.88. The number of amides is 1. The molecule has 1 aliphatic heterocycles. The Bertz CT molecular complexity index is 525. The van der Waals surface area contributed by atoms with Gasteiger partial charge < -0.3 is 10.6 Å². The Morgan fingerprint density at radius 2 is 1.91 bits per heavy atom. The van der Waals surface area contributed by atoms with E-state index in [9.17, 15) is 9.18 Å². The summed E-state index contributed by atoms with van der Waals surface area (Å²) in [5.74, 6) is 0.510. The fourth-order valence-electron chi connectivity index (χ4n) is 4.08. The summed E-state index contributed by atoms with van der Waals surface area (Å²) < 4.78 is 13.2. The third-order valence-electron chi connectivity index (χ3n) is 5.39. The molecule has 0 radical (unpaired) electrons. The van der Waals surface area contributed by atoms with Crippen molar-refractivity contribution in [3.8, 4) is 0 Å². The molecule has 3 atom stereocenters. The minimum absolute atomic E-state index is 0.0239. The highest BCUT2D eigenvalue weighted by atomic mass is 19.1. The van der Waals surface area contributed by atoms with Gasteiger partial charge in [0.1, 0.15) is 5.82 Å². The van der Waals surface area contributed by atoms with Gasteiger partial charge in [-0.15, -0.1) is 0 Å². The first-order valence-electron chi connectivity index (χ1n) is 8.92. The van der Waals surface area contributed by atoms with Crippen molar-refractivity contribution in [2.24, 2.45) is 11.8 Å². The summed E-state index contributed by atoms with van der Waals surface area (Å²) in [6.07, 6.45) is 6.53. The third kappa shape index (κ3) is 4.11. The van der Waals surface area contributed by atoms with E-state index in [1.165, 1.54) is 25.0 Å². The van der Waals surface area contributed by atoms with Gasteiger partial charge in [0.25, 0.3) is 0 Å². The summed E-state index contributed by atoms with van der Waals surface area (Å²) in [6.45, 7) is 3.04. The quantitative estimate of drug-likeness (QED) is 0.891. The number of benzene rings is 1. The highest BCUT2D eigenvalue weighted by Crippen LogP contribution is 2.36. The monoisotopic (exact) mass is 318 g/mol. The molecule has 1 heterocycles. The molecule has 2 aliphatic rings. The average Bonchev–Trinajstić information content (AvgIpc) is 3.07. The van der Waals surface area contributed by atoms with Crippen LogP contribution in [0.25, 0.3) is 0 Å². The molecule has 23 heavy (non-hydrogen) atoms. The molecule has 3 rings (SSSR count). The van der Waals surface area contributed by atoms with Gasteiger partial charge in [0, 0.05) is 12.0 Å². The summed E-state index contributed by atoms with van der Waals surface area (Å²) >= 11 is 0. The predicted octanol–water partition coefficient (Wildman–Crippen LogP) is 3.56. The number of hydrogen-bond donors (Lipinski definition) is 2. The standard InChI is InChI=1S/C19H27FN2O/c1-13-12-16(10-11-21-13)19(23)22-18(14-4-2-3-5-14)15-6-8-17(20)9-7-15/h6-9,13-14,16,18,21H,2-5,10-12H2,1H3,(H,22,23)/t13-,16-,18?/m0/s1. The number of rotatable bonds is 4. The van der Waals surface area contributed by atoms with E-state index < -0.39 is 0 Å². The smallest absolute Gasteiger partial charge is 0.223 e. The maximum Gasteiger partial charge on any atom is 0.223 e. The summed E-state index contributed by atoms with van der Waals surface area (Å²) in [5, 5.41) is 6.69. The number of carbonyl (C=O) groups excluding carboxylic acids is 1. The highest BCUT2D eigenvalue weighted by Gasteiger charge is 2.31. The first kappa shape index (κ1) is 16.4. The Labute approximate surface area is 138 Å².